The van der Waals surface area contributed by atoms with Crippen LogP contribution in [0.1, 0.15) is 51.9 Å². The van der Waals surface area contributed by atoms with Gasteiger partial charge in [-0.25, -0.2) is 0 Å². The van der Waals surface area contributed by atoms with Crippen LogP contribution in [0.4, 0.5) is 5.69 Å². The molecule has 5 rings (SSSR count). The normalized spacial score (nSPS) is 18.0. The van der Waals surface area contributed by atoms with Crippen molar-refractivity contribution in [1.29, 1.82) is 0 Å². The van der Waals surface area contributed by atoms with Crippen molar-refractivity contribution in [2.75, 3.05) is 38.0 Å². The summed E-state index contributed by atoms with van der Waals surface area (Å²) in [5.74, 6) is 0.112. The maximum Gasteiger partial charge on any atom is 0.256 e. The van der Waals surface area contributed by atoms with E-state index in [1.165, 1.54) is 5.56 Å². The predicted molar refractivity (Wildman–Crippen MR) is 148 cm³/mol. The fraction of sp³-hybridized carbons (Fsp3) is 0.290. The van der Waals surface area contributed by atoms with Crippen molar-refractivity contribution in [2.24, 2.45) is 0 Å². The summed E-state index contributed by atoms with van der Waals surface area (Å²) in [6.07, 6.45) is 4.11. The minimum Gasteiger partial charge on any atom is -0.361 e. The molecule has 1 atom stereocenters. The van der Waals surface area contributed by atoms with Gasteiger partial charge in [-0.15, -0.1) is 0 Å². The molecule has 37 heavy (non-hydrogen) atoms. The van der Waals surface area contributed by atoms with Crippen LogP contribution in [0.25, 0.3) is 6.08 Å². The number of piperazine rings is 1. The Morgan fingerprint density at radius 1 is 0.919 bits per heavy atom. The summed E-state index contributed by atoms with van der Waals surface area (Å²) in [5.41, 5.74) is 4.50. The Morgan fingerprint density at radius 3 is 2.30 bits per heavy atom. The Morgan fingerprint density at radius 2 is 1.59 bits per heavy atom. The van der Waals surface area contributed by atoms with Gasteiger partial charge in [0.25, 0.3) is 11.8 Å². The zero-order valence-electron chi connectivity index (χ0n) is 21.5. The summed E-state index contributed by atoms with van der Waals surface area (Å²) in [6, 6.07) is 25.7. The highest BCUT2D eigenvalue weighted by molar-refractivity contribution is 5.99. The number of benzene rings is 3. The van der Waals surface area contributed by atoms with Crippen molar-refractivity contribution in [1.82, 2.24) is 14.7 Å². The van der Waals surface area contributed by atoms with Crippen molar-refractivity contribution in [3.8, 4) is 0 Å². The number of hydrogen-bond donors (Lipinski definition) is 1. The summed E-state index contributed by atoms with van der Waals surface area (Å²) < 4.78 is 0. The molecule has 3 aromatic rings. The van der Waals surface area contributed by atoms with Crippen molar-refractivity contribution in [3.63, 3.8) is 0 Å². The highest BCUT2D eigenvalue weighted by atomic mass is 16.2. The van der Waals surface area contributed by atoms with E-state index in [0.717, 1.165) is 49.5 Å². The molecule has 2 heterocycles. The summed E-state index contributed by atoms with van der Waals surface area (Å²) in [5, 5.41) is 3.51. The molecule has 2 amide bonds. The van der Waals surface area contributed by atoms with Gasteiger partial charge in [0.05, 0.1) is 0 Å². The molecule has 0 bridgehead atoms. The van der Waals surface area contributed by atoms with Gasteiger partial charge in [-0.1, -0.05) is 60.7 Å². The lowest BCUT2D eigenvalue weighted by atomic mass is 10.1. The van der Waals surface area contributed by atoms with Crippen LogP contribution in [0.5, 0.6) is 0 Å². The number of anilines is 1. The molecule has 190 valence electrons. The number of fused-ring (bicyclic) bond motifs is 1. The van der Waals surface area contributed by atoms with Gasteiger partial charge in [0.1, 0.15) is 6.17 Å². The zero-order valence-corrected chi connectivity index (χ0v) is 21.5. The molecule has 1 N–H and O–H groups in total. The smallest absolute Gasteiger partial charge is 0.256 e. The van der Waals surface area contributed by atoms with Crippen molar-refractivity contribution < 1.29 is 9.59 Å². The van der Waals surface area contributed by atoms with Crippen LogP contribution in [-0.4, -0.2) is 65.3 Å². The third-order valence-electron chi connectivity index (χ3n) is 7.12. The number of nitrogens with zero attached hydrogens (tertiary/aromatic N) is 3. The summed E-state index contributed by atoms with van der Waals surface area (Å²) >= 11 is 0. The van der Waals surface area contributed by atoms with Crippen molar-refractivity contribution >= 4 is 23.6 Å². The van der Waals surface area contributed by atoms with E-state index >= 15 is 0 Å². The Bertz CT molecular complexity index is 1260. The van der Waals surface area contributed by atoms with Gasteiger partial charge in [-0.3, -0.25) is 14.5 Å². The Hall–Kier alpha value is -3.90. The number of hydrogen-bond acceptors (Lipinski definition) is 4. The van der Waals surface area contributed by atoms with Gasteiger partial charge >= 0.3 is 0 Å². The number of nitrogens with one attached hydrogen (secondary N) is 1. The first kappa shape index (κ1) is 24.8. The van der Waals surface area contributed by atoms with E-state index in [-0.39, 0.29) is 24.0 Å². The molecule has 0 saturated carbocycles. The Balaban J connectivity index is 1.17. The van der Waals surface area contributed by atoms with Gasteiger partial charge in [0, 0.05) is 61.1 Å². The van der Waals surface area contributed by atoms with E-state index in [2.05, 4.69) is 34.5 Å². The van der Waals surface area contributed by atoms with Crippen LogP contribution in [0.3, 0.4) is 0 Å². The van der Waals surface area contributed by atoms with Gasteiger partial charge < -0.3 is 15.1 Å². The quantitative estimate of drug-likeness (QED) is 0.495. The lowest BCUT2D eigenvalue weighted by molar-refractivity contribution is 0.0649. The molecule has 1 unspecified atom stereocenters. The van der Waals surface area contributed by atoms with Gasteiger partial charge in [-0.2, -0.15) is 0 Å². The second-order valence-electron chi connectivity index (χ2n) is 9.92. The zero-order chi connectivity index (χ0) is 25.8. The Kier molecular flexibility index (Phi) is 7.37. The average Bonchev–Trinajstić information content (AvgIpc) is 3.21. The summed E-state index contributed by atoms with van der Waals surface area (Å²) in [7, 11) is 0. The third kappa shape index (κ3) is 5.44. The van der Waals surface area contributed by atoms with E-state index in [0.29, 0.717) is 5.56 Å². The van der Waals surface area contributed by atoms with E-state index in [1.807, 2.05) is 90.4 Å². The number of rotatable bonds is 7. The average molecular weight is 495 g/mol. The standard InChI is InChI=1S/C31H34N4O2/c1-23(2)35-29(27-12-6-7-13-28(27)31(35)37)32-26-16-14-25(15-17-26)30(36)34-21-19-33(20-22-34)18-8-11-24-9-4-3-5-10-24/h3-17,23,29,32H,18-22H2,1-2H3. The SMILES string of the molecule is CC(C)N1C(=O)c2ccccc2C1Nc1ccc(C(=O)N2CCN(CC=Cc3ccccc3)CC2)cc1. The topological polar surface area (TPSA) is 55.9 Å². The fourth-order valence-corrected chi connectivity index (χ4v) is 5.10. The van der Waals surface area contributed by atoms with Crippen molar-refractivity contribution in [3.05, 3.63) is 107 Å². The van der Waals surface area contributed by atoms with Gasteiger partial charge in [-0.05, 0) is 49.7 Å². The molecule has 1 saturated heterocycles. The molecule has 0 aromatic heterocycles. The minimum absolute atomic E-state index is 0.0459. The lowest BCUT2D eigenvalue weighted by Crippen LogP contribution is -2.48. The fourth-order valence-electron chi connectivity index (χ4n) is 5.10. The maximum atomic E-state index is 13.1. The second kappa shape index (κ2) is 11.0. The highest BCUT2D eigenvalue weighted by Gasteiger charge is 2.37. The van der Waals surface area contributed by atoms with Crippen LogP contribution in [0.2, 0.25) is 0 Å². The van der Waals surface area contributed by atoms with Crippen LogP contribution in [0, 0.1) is 0 Å². The molecule has 0 spiro atoms. The third-order valence-corrected chi connectivity index (χ3v) is 7.12. The van der Waals surface area contributed by atoms with E-state index < -0.39 is 0 Å². The predicted octanol–water partition coefficient (Wildman–Crippen LogP) is 5.13. The second-order valence-corrected chi connectivity index (χ2v) is 9.92. The Labute approximate surface area is 219 Å². The summed E-state index contributed by atoms with van der Waals surface area (Å²) in [6.45, 7) is 8.12. The molecule has 3 aromatic carbocycles. The lowest BCUT2D eigenvalue weighted by Gasteiger charge is -2.34. The van der Waals surface area contributed by atoms with Crippen LogP contribution in [-0.2, 0) is 0 Å². The van der Waals surface area contributed by atoms with Crippen LogP contribution >= 0.6 is 0 Å². The van der Waals surface area contributed by atoms with E-state index in [4.69, 9.17) is 0 Å². The first-order valence-electron chi connectivity index (χ1n) is 13.0. The van der Waals surface area contributed by atoms with E-state index in [9.17, 15) is 9.59 Å². The monoisotopic (exact) mass is 494 g/mol. The molecular weight excluding hydrogens is 460 g/mol. The number of carbonyl (C=O) groups is 2. The largest absolute Gasteiger partial charge is 0.361 e. The van der Waals surface area contributed by atoms with E-state index in [1.54, 1.807) is 0 Å². The molecular formula is C31H34N4O2. The number of amides is 2. The molecule has 2 aliphatic rings. The molecule has 1 fully saturated rings. The first-order chi connectivity index (χ1) is 18.0. The highest BCUT2D eigenvalue weighted by Crippen LogP contribution is 2.35. The van der Waals surface area contributed by atoms with Crippen molar-refractivity contribution in [2.45, 2.75) is 26.1 Å². The molecule has 0 radical (unpaired) electrons. The number of carbonyl (C=O) groups excluding carboxylic acids is 2. The van der Waals surface area contributed by atoms with Crippen LogP contribution < -0.4 is 5.32 Å². The maximum absolute atomic E-state index is 13.1. The first-order valence-corrected chi connectivity index (χ1v) is 13.0. The molecule has 6 heteroatoms. The molecule has 6 nitrogen and oxygen atoms in total. The van der Waals surface area contributed by atoms with Crippen LogP contribution in [0.15, 0.2) is 84.9 Å². The molecule has 2 aliphatic heterocycles. The summed E-state index contributed by atoms with van der Waals surface area (Å²) in [4.78, 5) is 32.2. The minimum atomic E-state index is -0.228. The van der Waals surface area contributed by atoms with Gasteiger partial charge in [0.15, 0.2) is 0 Å². The van der Waals surface area contributed by atoms with Gasteiger partial charge in [0.2, 0.25) is 0 Å². The molecule has 0 aliphatic carbocycles.